The number of hydrogen-bond acceptors (Lipinski definition) is 7. The van der Waals surface area contributed by atoms with Gasteiger partial charge in [0.15, 0.2) is 5.78 Å². The summed E-state index contributed by atoms with van der Waals surface area (Å²) >= 11 is 0. The zero-order valence-corrected chi connectivity index (χ0v) is 35.0. The van der Waals surface area contributed by atoms with E-state index >= 15 is 0 Å². The van der Waals surface area contributed by atoms with Crippen molar-refractivity contribution < 1.29 is 23.9 Å². The molecule has 2 N–H and O–H groups in total. The summed E-state index contributed by atoms with van der Waals surface area (Å²) in [5.74, 6) is -0.190. The minimum atomic E-state index is -0.535. The third kappa shape index (κ3) is 13.9. The molecule has 0 spiro atoms. The second kappa shape index (κ2) is 23.7. The van der Waals surface area contributed by atoms with Crippen LogP contribution in [-0.4, -0.2) is 73.5 Å². The zero-order valence-electron chi connectivity index (χ0n) is 35.0. The molecule has 0 aliphatic carbocycles. The third-order valence-electron chi connectivity index (χ3n) is 11.2. The number of urea groups is 1. The lowest BCUT2D eigenvalue weighted by molar-refractivity contribution is 0.0595. The van der Waals surface area contributed by atoms with Crippen molar-refractivity contribution in [3.05, 3.63) is 156 Å². The first-order valence-electron chi connectivity index (χ1n) is 21.6. The van der Waals surface area contributed by atoms with Gasteiger partial charge in [-0.1, -0.05) is 141 Å². The SMILES string of the molecule is COC(=O)c1cc(C(=O)CN(CCCCCCCCCN2CCC(NC(=O)Nc3ccccc3-c3ccccc3)CC2)Cc2ccccc2)ccc1OCc1ccccc1. The maximum atomic E-state index is 13.7. The molecule has 5 aromatic carbocycles. The van der Waals surface area contributed by atoms with Gasteiger partial charge in [-0.3, -0.25) is 9.69 Å². The predicted molar refractivity (Wildman–Crippen MR) is 240 cm³/mol. The molecular formula is C51H60N4O5. The van der Waals surface area contributed by atoms with E-state index in [2.05, 4.69) is 44.7 Å². The number of amides is 2. The number of ketones is 1. The van der Waals surface area contributed by atoms with Crippen LogP contribution in [0.1, 0.15) is 89.6 Å². The molecule has 0 atom stereocenters. The number of carbonyl (C=O) groups is 3. The summed E-state index contributed by atoms with van der Waals surface area (Å²) in [7, 11) is 1.33. The number of unbranched alkanes of at least 4 members (excludes halogenated alkanes) is 6. The van der Waals surface area contributed by atoms with Gasteiger partial charge in [0.2, 0.25) is 0 Å². The Labute approximate surface area is 356 Å². The summed E-state index contributed by atoms with van der Waals surface area (Å²) in [5, 5.41) is 6.29. The number of piperidine rings is 1. The molecule has 60 heavy (non-hydrogen) atoms. The molecular weight excluding hydrogens is 749 g/mol. The van der Waals surface area contributed by atoms with Gasteiger partial charge < -0.3 is 25.0 Å². The molecule has 1 aliphatic heterocycles. The van der Waals surface area contributed by atoms with Gasteiger partial charge in [0.1, 0.15) is 17.9 Å². The molecule has 2 amide bonds. The van der Waals surface area contributed by atoms with Gasteiger partial charge in [0.05, 0.1) is 19.3 Å². The largest absolute Gasteiger partial charge is 0.488 e. The fourth-order valence-electron chi connectivity index (χ4n) is 7.85. The van der Waals surface area contributed by atoms with E-state index in [9.17, 15) is 14.4 Å². The molecule has 314 valence electrons. The molecule has 0 bridgehead atoms. The van der Waals surface area contributed by atoms with E-state index in [0.29, 0.717) is 24.5 Å². The van der Waals surface area contributed by atoms with Crippen molar-refractivity contribution in [2.24, 2.45) is 0 Å². The number of anilines is 1. The first kappa shape index (κ1) is 43.8. The van der Waals surface area contributed by atoms with Crippen LogP contribution in [0.5, 0.6) is 5.75 Å². The monoisotopic (exact) mass is 808 g/mol. The maximum absolute atomic E-state index is 13.7. The first-order valence-corrected chi connectivity index (χ1v) is 21.6. The average Bonchev–Trinajstić information content (AvgIpc) is 3.29. The van der Waals surface area contributed by atoms with E-state index in [4.69, 9.17) is 9.47 Å². The minimum absolute atomic E-state index is 0.0441. The predicted octanol–water partition coefficient (Wildman–Crippen LogP) is 10.4. The number of carbonyl (C=O) groups excluding carboxylic acids is 3. The fraction of sp³-hybridized carbons (Fsp3) is 0.353. The van der Waals surface area contributed by atoms with Crippen LogP contribution in [-0.2, 0) is 17.9 Å². The molecule has 1 aliphatic rings. The van der Waals surface area contributed by atoms with Crippen LogP contribution in [0.15, 0.2) is 133 Å². The van der Waals surface area contributed by atoms with E-state index in [-0.39, 0.29) is 30.0 Å². The van der Waals surface area contributed by atoms with Crippen molar-refractivity contribution >= 4 is 23.5 Å². The van der Waals surface area contributed by atoms with Crippen molar-refractivity contribution in [3.8, 4) is 16.9 Å². The molecule has 0 unspecified atom stereocenters. The van der Waals surface area contributed by atoms with Crippen LogP contribution in [0, 0.1) is 0 Å². The summed E-state index contributed by atoms with van der Waals surface area (Å²) in [6, 6.07) is 43.1. The summed E-state index contributed by atoms with van der Waals surface area (Å²) in [6.07, 6.45) is 10.1. The van der Waals surface area contributed by atoms with Gasteiger partial charge in [-0.2, -0.15) is 0 Å². The number of likely N-dealkylation sites (tertiary alicyclic amines) is 1. The van der Waals surface area contributed by atoms with Crippen LogP contribution >= 0.6 is 0 Å². The lowest BCUT2D eigenvalue weighted by Gasteiger charge is -2.32. The maximum Gasteiger partial charge on any atom is 0.341 e. The fourth-order valence-corrected chi connectivity index (χ4v) is 7.85. The Balaban J connectivity index is 0.871. The van der Waals surface area contributed by atoms with Crippen molar-refractivity contribution in [2.45, 2.75) is 77.0 Å². The van der Waals surface area contributed by atoms with Crippen LogP contribution in [0.4, 0.5) is 10.5 Å². The number of ether oxygens (including phenoxy) is 2. The number of hydrogen-bond donors (Lipinski definition) is 2. The molecule has 1 saturated heterocycles. The Kier molecular flexibility index (Phi) is 17.3. The third-order valence-corrected chi connectivity index (χ3v) is 11.2. The van der Waals surface area contributed by atoms with Crippen LogP contribution < -0.4 is 15.4 Å². The molecule has 0 radical (unpaired) electrons. The lowest BCUT2D eigenvalue weighted by atomic mass is 10.0. The number of methoxy groups -OCH3 is 1. The number of Topliss-reactive ketones (excluding diaryl/α,β-unsaturated/α-hetero) is 1. The van der Waals surface area contributed by atoms with E-state index in [1.807, 2.05) is 91.0 Å². The molecule has 0 aromatic heterocycles. The van der Waals surface area contributed by atoms with Crippen LogP contribution in [0.2, 0.25) is 0 Å². The summed E-state index contributed by atoms with van der Waals surface area (Å²) in [4.78, 5) is 44.1. The van der Waals surface area contributed by atoms with Gasteiger partial charge >= 0.3 is 12.0 Å². The second-order valence-corrected chi connectivity index (χ2v) is 15.7. The lowest BCUT2D eigenvalue weighted by Crippen LogP contribution is -2.46. The van der Waals surface area contributed by atoms with Gasteiger partial charge in [-0.25, -0.2) is 9.59 Å². The van der Waals surface area contributed by atoms with Gasteiger partial charge in [0.25, 0.3) is 0 Å². The standard InChI is InChI=1S/C51H60N4O5/c1-59-50(57)46-36-43(28-29-49(46)60-39-41-22-12-8-13-23-41)48(56)38-55(37-40-20-10-7-11-21-40)33-19-6-4-2-3-5-18-32-54-34-30-44(31-35-54)52-51(58)53-47-27-17-16-26-45(47)42-24-14-9-15-25-42/h7-17,20-29,36,44H,2-6,18-19,30-35,37-39H2,1H3,(H2,52,53,58). The van der Waals surface area contributed by atoms with Gasteiger partial charge in [0, 0.05) is 36.8 Å². The summed E-state index contributed by atoms with van der Waals surface area (Å²) < 4.78 is 11.0. The Morgan fingerprint density at radius 1 is 0.700 bits per heavy atom. The van der Waals surface area contributed by atoms with E-state index in [0.717, 1.165) is 79.8 Å². The normalized spacial score (nSPS) is 13.2. The molecule has 6 rings (SSSR count). The van der Waals surface area contributed by atoms with Gasteiger partial charge in [-0.05, 0) is 79.7 Å². The average molecular weight is 809 g/mol. The van der Waals surface area contributed by atoms with Crippen LogP contribution in [0.25, 0.3) is 11.1 Å². The second-order valence-electron chi connectivity index (χ2n) is 15.7. The highest BCUT2D eigenvalue weighted by Crippen LogP contribution is 2.28. The highest BCUT2D eigenvalue weighted by Gasteiger charge is 2.22. The smallest absolute Gasteiger partial charge is 0.341 e. The Hall–Kier alpha value is -5.77. The quantitative estimate of drug-likeness (QED) is 0.0408. The Bertz CT molecular complexity index is 2070. The Morgan fingerprint density at radius 2 is 1.32 bits per heavy atom. The number of rotatable bonds is 22. The molecule has 0 saturated carbocycles. The van der Waals surface area contributed by atoms with Crippen molar-refractivity contribution in [1.82, 2.24) is 15.1 Å². The first-order chi connectivity index (χ1) is 29.4. The highest BCUT2D eigenvalue weighted by atomic mass is 16.5. The van der Waals surface area contributed by atoms with Crippen molar-refractivity contribution in [1.29, 1.82) is 0 Å². The number of nitrogens with one attached hydrogen (secondary N) is 2. The molecule has 1 fully saturated rings. The number of esters is 1. The van der Waals surface area contributed by atoms with E-state index < -0.39 is 5.97 Å². The highest BCUT2D eigenvalue weighted by molar-refractivity contribution is 6.01. The van der Waals surface area contributed by atoms with Gasteiger partial charge in [-0.15, -0.1) is 0 Å². The summed E-state index contributed by atoms with van der Waals surface area (Å²) in [6.45, 7) is 5.18. The zero-order chi connectivity index (χ0) is 41.8. The number of para-hydroxylation sites is 1. The molecule has 9 heteroatoms. The molecule has 9 nitrogen and oxygen atoms in total. The number of nitrogens with zero attached hydrogens (tertiary/aromatic N) is 2. The van der Waals surface area contributed by atoms with E-state index in [1.165, 1.54) is 39.2 Å². The molecule has 5 aromatic rings. The summed E-state index contributed by atoms with van der Waals surface area (Å²) in [5.41, 5.74) is 5.76. The van der Waals surface area contributed by atoms with Crippen molar-refractivity contribution in [2.75, 3.05) is 45.2 Å². The van der Waals surface area contributed by atoms with Crippen molar-refractivity contribution in [3.63, 3.8) is 0 Å². The topological polar surface area (TPSA) is 100 Å². The number of benzene rings is 5. The minimum Gasteiger partial charge on any atom is -0.488 e. The molecule has 1 heterocycles. The Morgan fingerprint density at radius 3 is 2.02 bits per heavy atom. The van der Waals surface area contributed by atoms with Crippen LogP contribution in [0.3, 0.4) is 0 Å². The van der Waals surface area contributed by atoms with E-state index in [1.54, 1.807) is 18.2 Å².